The third-order valence-corrected chi connectivity index (χ3v) is 5.88. The highest BCUT2D eigenvalue weighted by atomic mass is 16.5. The molecule has 0 saturated carbocycles. The molecule has 2 rings (SSSR count). The van der Waals surface area contributed by atoms with Gasteiger partial charge in [-0.05, 0) is 64.4 Å². The first-order chi connectivity index (χ1) is 15.0. The Morgan fingerprint density at radius 3 is 2.74 bits per heavy atom. The van der Waals surface area contributed by atoms with Crippen LogP contribution in [0.5, 0.6) is 0 Å². The van der Waals surface area contributed by atoms with Gasteiger partial charge in [0.15, 0.2) is 5.96 Å². The van der Waals surface area contributed by atoms with E-state index < -0.39 is 0 Å². The monoisotopic (exact) mass is 431 g/mol. The molecule has 2 atom stereocenters. The second-order valence-electron chi connectivity index (χ2n) is 8.65. The zero-order valence-corrected chi connectivity index (χ0v) is 20.5. The van der Waals surface area contributed by atoms with Gasteiger partial charge in [-0.2, -0.15) is 0 Å². The molecule has 2 unspecified atom stereocenters. The summed E-state index contributed by atoms with van der Waals surface area (Å²) >= 11 is 0. The van der Waals surface area contributed by atoms with Gasteiger partial charge < -0.3 is 20.3 Å². The standard InChI is InChI=1S/C25H45N5O/c1-6-26-25(28-21(4)11-10-14-29(7-2)8-3)27-18-23-12-9-13-24(17-23)20-30-15-16-31-22(5)19-30/h9,12-13,17,21-22H,6-8,10-11,14-16,18-20H2,1-5H3,(H2,26,27,28). The lowest BCUT2D eigenvalue weighted by atomic mass is 10.1. The lowest BCUT2D eigenvalue weighted by Gasteiger charge is -2.31. The van der Waals surface area contributed by atoms with Crippen LogP contribution in [0.1, 0.15) is 58.6 Å². The molecule has 1 saturated heterocycles. The maximum atomic E-state index is 5.66. The fraction of sp³-hybridized carbons (Fsp3) is 0.720. The third kappa shape index (κ3) is 10.0. The molecule has 1 fully saturated rings. The Hall–Kier alpha value is -1.63. The van der Waals surface area contributed by atoms with Crippen molar-refractivity contribution >= 4 is 5.96 Å². The topological polar surface area (TPSA) is 52.1 Å². The zero-order chi connectivity index (χ0) is 22.5. The molecule has 0 radical (unpaired) electrons. The molecule has 0 aliphatic carbocycles. The van der Waals surface area contributed by atoms with Crippen LogP contribution in [0, 0.1) is 0 Å². The van der Waals surface area contributed by atoms with Crippen molar-refractivity contribution in [1.29, 1.82) is 0 Å². The smallest absolute Gasteiger partial charge is 0.191 e. The largest absolute Gasteiger partial charge is 0.376 e. The Morgan fingerprint density at radius 1 is 1.26 bits per heavy atom. The van der Waals surface area contributed by atoms with Gasteiger partial charge in [0.05, 0.1) is 19.3 Å². The second kappa shape index (κ2) is 14.4. The first-order valence-corrected chi connectivity index (χ1v) is 12.2. The molecule has 1 aromatic rings. The van der Waals surface area contributed by atoms with Crippen LogP contribution >= 0.6 is 0 Å². The van der Waals surface area contributed by atoms with Crippen LogP contribution in [0.25, 0.3) is 0 Å². The molecule has 0 bridgehead atoms. The van der Waals surface area contributed by atoms with Crippen molar-refractivity contribution in [3.05, 3.63) is 35.4 Å². The number of guanidine groups is 1. The molecule has 2 N–H and O–H groups in total. The summed E-state index contributed by atoms with van der Waals surface area (Å²) in [5, 5.41) is 6.98. The minimum absolute atomic E-state index is 0.323. The lowest BCUT2D eigenvalue weighted by Crippen LogP contribution is -2.42. The molecule has 0 spiro atoms. The summed E-state index contributed by atoms with van der Waals surface area (Å²) in [6, 6.07) is 9.24. The van der Waals surface area contributed by atoms with Crippen LogP contribution in [-0.2, 0) is 17.8 Å². The Balaban J connectivity index is 1.86. The number of rotatable bonds is 12. The maximum Gasteiger partial charge on any atom is 0.191 e. The van der Waals surface area contributed by atoms with Gasteiger partial charge in [-0.3, -0.25) is 4.90 Å². The molecule has 1 aromatic carbocycles. The number of hydrogen-bond donors (Lipinski definition) is 2. The van der Waals surface area contributed by atoms with Crippen LogP contribution < -0.4 is 10.6 Å². The predicted octanol–water partition coefficient (Wildman–Crippen LogP) is 3.47. The summed E-state index contributed by atoms with van der Waals surface area (Å²) in [4.78, 5) is 9.81. The van der Waals surface area contributed by atoms with Crippen LogP contribution in [0.15, 0.2) is 29.3 Å². The fourth-order valence-electron chi connectivity index (χ4n) is 4.08. The molecule has 1 aliphatic rings. The van der Waals surface area contributed by atoms with Gasteiger partial charge in [0.2, 0.25) is 0 Å². The zero-order valence-electron chi connectivity index (χ0n) is 20.5. The Kier molecular flexibility index (Phi) is 11.9. The van der Waals surface area contributed by atoms with Crippen LogP contribution in [0.4, 0.5) is 0 Å². The summed E-state index contributed by atoms with van der Waals surface area (Å²) in [5.41, 5.74) is 2.61. The highest BCUT2D eigenvalue weighted by Crippen LogP contribution is 2.13. The number of aliphatic imine (C=N–C) groups is 1. The molecule has 31 heavy (non-hydrogen) atoms. The molecule has 0 amide bonds. The maximum absolute atomic E-state index is 5.66. The summed E-state index contributed by atoms with van der Waals surface area (Å²) in [6.07, 6.45) is 2.68. The molecular weight excluding hydrogens is 386 g/mol. The van der Waals surface area contributed by atoms with Gasteiger partial charge >= 0.3 is 0 Å². The minimum Gasteiger partial charge on any atom is -0.376 e. The van der Waals surface area contributed by atoms with Gasteiger partial charge in [-0.1, -0.05) is 38.1 Å². The number of benzene rings is 1. The summed E-state index contributed by atoms with van der Waals surface area (Å²) < 4.78 is 5.66. The van der Waals surface area contributed by atoms with Crippen molar-refractivity contribution in [2.24, 2.45) is 4.99 Å². The molecule has 6 nitrogen and oxygen atoms in total. The first kappa shape index (κ1) is 25.6. The van der Waals surface area contributed by atoms with Crippen molar-refractivity contribution in [3.63, 3.8) is 0 Å². The molecule has 0 aromatic heterocycles. The lowest BCUT2D eigenvalue weighted by molar-refractivity contribution is -0.0212. The van der Waals surface area contributed by atoms with E-state index in [2.05, 4.69) is 79.3 Å². The van der Waals surface area contributed by atoms with Crippen molar-refractivity contribution in [3.8, 4) is 0 Å². The molecule has 1 aliphatic heterocycles. The van der Waals surface area contributed by atoms with E-state index in [4.69, 9.17) is 9.73 Å². The highest BCUT2D eigenvalue weighted by molar-refractivity contribution is 5.80. The molecule has 176 valence electrons. The van der Waals surface area contributed by atoms with E-state index in [-0.39, 0.29) is 0 Å². The number of ether oxygens (including phenoxy) is 1. The Bertz CT molecular complexity index is 647. The summed E-state index contributed by atoms with van der Waals surface area (Å²) in [7, 11) is 0. The SMILES string of the molecule is CCNC(=NCc1cccc(CN2CCOC(C)C2)c1)NC(C)CCCN(CC)CC. The molecule has 1 heterocycles. The summed E-state index contributed by atoms with van der Waals surface area (Å²) in [6.45, 7) is 19.8. The minimum atomic E-state index is 0.323. The van der Waals surface area contributed by atoms with Gasteiger partial charge in [0, 0.05) is 32.2 Å². The Morgan fingerprint density at radius 2 is 2.03 bits per heavy atom. The van der Waals surface area contributed by atoms with Crippen molar-refractivity contribution in [2.75, 3.05) is 45.9 Å². The van der Waals surface area contributed by atoms with Gasteiger partial charge in [-0.25, -0.2) is 4.99 Å². The van der Waals surface area contributed by atoms with Gasteiger partial charge in [0.25, 0.3) is 0 Å². The average molecular weight is 432 g/mol. The van der Waals surface area contributed by atoms with Crippen LogP contribution in [0.3, 0.4) is 0 Å². The normalized spacial score (nSPS) is 18.9. The number of hydrogen-bond acceptors (Lipinski definition) is 4. The second-order valence-corrected chi connectivity index (χ2v) is 8.65. The van der Waals surface area contributed by atoms with Crippen LogP contribution in [0.2, 0.25) is 0 Å². The summed E-state index contributed by atoms with van der Waals surface area (Å²) in [5.74, 6) is 0.908. The average Bonchev–Trinajstić information content (AvgIpc) is 2.75. The third-order valence-electron chi connectivity index (χ3n) is 5.88. The van der Waals surface area contributed by atoms with Crippen molar-refractivity contribution < 1.29 is 4.74 Å². The Labute approximate surface area is 190 Å². The van der Waals surface area contributed by atoms with E-state index in [1.165, 1.54) is 24.1 Å². The van der Waals surface area contributed by atoms with E-state index >= 15 is 0 Å². The highest BCUT2D eigenvalue weighted by Gasteiger charge is 2.16. The first-order valence-electron chi connectivity index (χ1n) is 12.2. The number of nitrogens with zero attached hydrogens (tertiary/aromatic N) is 3. The molecule has 6 heteroatoms. The van der Waals surface area contributed by atoms with Crippen LogP contribution in [-0.4, -0.2) is 73.8 Å². The molecular formula is C25H45N5O. The van der Waals surface area contributed by atoms with E-state index in [1.807, 2.05) is 0 Å². The van der Waals surface area contributed by atoms with E-state index in [9.17, 15) is 0 Å². The van der Waals surface area contributed by atoms with E-state index in [1.54, 1.807) is 0 Å². The van der Waals surface area contributed by atoms with Gasteiger partial charge in [0.1, 0.15) is 0 Å². The van der Waals surface area contributed by atoms with Crippen molar-refractivity contribution in [2.45, 2.75) is 72.7 Å². The van der Waals surface area contributed by atoms with Gasteiger partial charge in [-0.15, -0.1) is 0 Å². The van der Waals surface area contributed by atoms with E-state index in [0.29, 0.717) is 18.7 Å². The fourth-order valence-corrected chi connectivity index (χ4v) is 4.08. The number of morpholine rings is 1. The van der Waals surface area contributed by atoms with E-state index in [0.717, 1.165) is 58.3 Å². The quantitative estimate of drug-likeness (QED) is 0.392. The number of nitrogens with one attached hydrogen (secondary N) is 2. The van der Waals surface area contributed by atoms with Crippen molar-refractivity contribution in [1.82, 2.24) is 20.4 Å². The predicted molar refractivity (Wildman–Crippen MR) is 132 cm³/mol.